The lowest BCUT2D eigenvalue weighted by Gasteiger charge is -2.17. The maximum absolute atomic E-state index is 12.8. The van der Waals surface area contributed by atoms with E-state index in [-0.39, 0.29) is 5.75 Å². The summed E-state index contributed by atoms with van der Waals surface area (Å²) in [5.41, 5.74) is 3.33. The van der Waals surface area contributed by atoms with Gasteiger partial charge in [0.1, 0.15) is 18.1 Å². The highest BCUT2D eigenvalue weighted by Crippen LogP contribution is 2.24. The number of aromatic amines is 1. The predicted octanol–water partition coefficient (Wildman–Crippen LogP) is 3.68. The number of H-pyrrole nitrogens is 1. The largest absolute Gasteiger partial charge is 0.609 e. The van der Waals surface area contributed by atoms with Crippen LogP contribution in [0, 0.1) is 6.92 Å². The molecule has 156 valence electrons. The van der Waals surface area contributed by atoms with Crippen molar-refractivity contribution in [3.05, 3.63) is 71.9 Å². The molecular weight excluding hydrogens is 400 g/mol. The van der Waals surface area contributed by atoms with Gasteiger partial charge in [-0.05, 0) is 44.3 Å². The summed E-state index contributed by atoms with van der Waals surface area (Å²) >= 11 is -1.32. The fourth-order valence-electron chi connectivity index (χ4n) is 3.15. The van der Waals surface area contributed by atoms with Gasteiger partial charge in [-0.1, -0.05) is 12.1 Å². The van der Waals surface area contributed by atoms with E-state index in [9.17, 15) is 4.55 Å². The average molecular weight is 425 g/mol. The second-order valence-corrected chi connectivity index (χ2v) is 8.46. The molecule has 0 aliphatic rings. The van der Waals surface area contributed by atoms with Crippen molar-refractivity contribution in [2.75, 3.05) is 20.2 Å². The number of pyridine rings is 1. The maximum Gasteiger partial charge on any atom is 0.322 e. The fourth-order valence-corrected chi connectivity index (χ4v) is 4.25. The Morgan fingerprint density at radius 1 is 1.20 bits per heavy atom. The zero-order valence-corrected chi connectivity index (χ0v) is 17.8. The molecule has 1 aromatic carbocycles. The molecule has 8 heteroatoms. The van der Waals surface area contributed by atoms with Crippen LogP contribution in [0.15, 0.2) is 64.5 Å². The number of fused-ring (bicyclic) bond motifs is 1. The van der Waals surface area contributed by atoms with Crippen LogP contribution in [0.25, 0.3) is 11.0 Å². The summed E-state index contributed by atoms with van der Waals surface area (Å²) in [5, 5.41) is 0.461. The summed E-state index contributed by atoms with van der Waals surface area (Å²) in [4.78, 5) is 14.1. The Labute approximate surface area is 178 Å². The van der Waals surface area contributed by atoms with E-state index in [1.54, 1.807) is 12.5 Å². The van der Waals surface area contributed by atoms with Gasteiger partial charge in [-0.3, -0.25) is 14.9 Å². The molecule has 0 bridgehead atoms. The molecule has 7 nitrogen and oxygen atoms in total. The number of nitrogens with zero attached hydrogens (tertiary/aromatic N) is 3. The van der Waals surface area contributed by atoms with Gasteiger partial charge >= 0.3 is 5.16 Å². The Hall–Kier alpha value is -2.81. The third kappa shape index (κ3) is 4.84. The molecular formula is C22H24N4O3S. The lowest BCUT2D eigenvalue weighted by molar-refractivity contribution is 0.221. The molecule has 0 saturated carbocycles. The van der Waals surface area contributed by atoms with E-state index in [4.69, 9.17) is 9.15 Å². The molecule has 1 N–H and O–H groups in total. The number of aromatic nitrogens is 3. The lowest BCUT2D eigenvalue weighted by Crippen LogP contribution is -2.23. The van der Waals surface area contributed by atoms with Crippen LogP contribution in [-0.4, -0.2) is 44.6 Å². The van der Waals surface area contributed by atoms with E-state index in [2.05, 4.69) is 19.9 Å². The van der Waals surface area contributed by atoms with E-state index in [0.717, 1.165) is 46.9 Å². The van der Waals surface area contributed by atoms with E-state index in [1.165, 1.54) is 0 Å². The second kappa shape index (κ2) is 9.34. The summed E-state index contributed by atoms with van der Waals surface area (Å²) < 4.78 is 24.2. The zero-order chi connectivity index (χ0) is 20.9. The molecule has 0 spiro atoms. The Bertz CT molecular complexity index is 1060. The van der Waals surface area contributed by atoms with Crippen LogP contribution in [0.2, 0.25) is 0 Å². The van der Waals surface area contributed by atoms with Gasteiger partial charge in [-0.15, -0.1) is 0 Å². The Morgan fingerprint density at radius 2 is 2.07 bits per heavy atom. The number of para-hydroxylation sites is 2. The number of ether oxygens (including phenoxy) is 1. The predicted molar refractivity (Wildman–Crippen MR) is 116 cm³/mol. The Kier molecular flexibility index (Phi) is 6.37. The van der Waals surface area contributed by atoms with Crippen LogP contribution in [0.4, 0.5) is 0 Å². The molecule has 4 aromatic rings. The quantitative estimate of drug-likeness (QED) is 0.412. The standard InChI is InChI=1S/C22H24N4O3S/c1-16-20(15-30(27)22-24-18-7-3-4-8-19(18)25-22)23-10-9-21(16)29-13-11-26(2)14-17-6-5-12-28-17/h3-10,12H,11,13-15H2,1-2H3,(H,24,25). The number of hydrogen-bond acceptors (Lipinski definition) is 6. The fraction of sp³-hybridized carbons (Fsp3) is 0.273. The molecule has 30 heavy (non-hydrogen) atoms. The van der Waals surface area contributed by atoms with Crippen molar-refractivity contribution in [3.8, 4) is 5.75 Å². The second-order valence-electron chi connectivity index (χ2n) is 7.10. The van der Waals surface area contributed by atoms with Crippen LogP contribution >= 0.6 is 0 Å². The highest BCUT2D eigenvalue weighted by molar-refractivity contribution is 7.90. The molecule has 4 rings (SSSR count). The molecule has 3 heterocycles. The summed E-state index contributed by atoms with van der Waals surface area (Å²) in [6.07, 6.45) is 3.37. The van der Waals surface area contributed by atoms with Crippen LogP contribution in [0.3, 0.4) is 0 Å². The van der Waals surface area contributed by atoms with Gasteiger partial charge in [-0.25, -0.2) is 0 Å². The highest BCUT2D eigenvalue weighted by atomic mass is 32.2. The van der Waals surface area contributed by atoms with Crippen LogP contribution < -0.4 is 4.74 Å². The minimum atomic E-state index is -1.32. The van der Waals surface area contributed by atoms with Crippen molar-refractivity contribution in [2.45, 2.75) is 24.4 Å². The summed E-state index contributed by atoms with van der Waals surface area (Å²) in [6, 6.07) is 13.3. The van der Waals surface area contributed by atoms with E-state index in [0.29, 0.717) is 11.8 Å². The number of furan rings is 1. The monoisotopic (exact) mass is 424 g/mol. The van der Waals surface area contributed by atoms with E-state index >= 15 is 0 Å². The molecule has 0 fully saturated rings. The van der Waals surface area contributed by atoms with Gasteiger partial charge < -0.3 is 13.7 Å². The van der Waals surface area contributed by atoms with Crippen molar-refractivity contribution >= 4 is 22.2 Å². The van der Waals surface area contributed by atoms with Crippen LogP contribution in [0.5, 0.6) is 5.75 Å². The SMILES string of the molecule is Cc1c(OCCN(C)Cc2ccco2)ccnc1C[S+]([O-])c1nc2ccccc2[nH]1. The first-order chi connectivity index (χ1) is 14.6. The molecule has 1 unspecified atom stereocenters. The third-order valence-electron chi connectivity index (χ3n) is 4.85. The maximum atomic E-state index is 12.8. The first kappa shape index (κ1) is 20.5. The van der Waals surface area contributed by atoms with Crippen molar-refractivity contribution in [1.29, 1.82) is 0 Å². The minimum Gasteiger partial charge on any atom is -0.609 e. The third-order valence-corrected chi connectivity index (χ3v) is 6.01. The number of hydrogen-bond donors (Lipinski definition) is 1. The highest BCUT2D eigenvalue weighted by Gasteiger charge is 2.20. The molecule has 0 radical (unpaired) electrons. The topological polar surface area (TPSA) is 90.2 Å². The molecule has 0 aliphatic carbocycles. The number of rotatable bonds is 9. The van der Waals surface area contributed by atoms with Crippen LogP contribution in [0.1, 0.15) is 17.0 Å². The minimum absolute atomic E-state index is 0.279. The van der Waals surface area contributed by atoms with Gasteiger partial charge in [-0.2, -0.15) is 4.98 Å². The van der Waals surface area contributed by atoms with Gasteiger partial charge in [0.05, 0.1) is 29.5 Å². The zero-order valence-electron chi connectivity index (χ0n) is 17.0. The molecule has 0 amide bonds. The summed E-state index contributed by atoms with van der Waals surface area (Å²) in [7, 11) is 2.02. The molecule has 0 aliphatic heterocycles. The van der Waals surface area contributed by atoms with Crippen LogP contribution in [-0.2, 0) is 23.5 Å². The van der Waals surface area contributed by atoms with Gasteiger partial charge in [0.15, 0.2) is 5.75 Å². The smallest absolute Gasteiger partial charge is 0.322 e. The number of imidazole rings is 1. The van der Waals surface area contributed by atoms with Gasteiger partial charge in [0, 0.05) is 29.5 Å². The Morgan fingerprint density at radius 3 is 2.87 bits per heavy atom. The normalized spacial score (nSPS) is 12.5. The Balaban J connectivity index is 1.36. The molecule has 1 atom stereocenters. The number of benzene rings is 1. The lowest BCUT2D eigenvalue weighted by atomic mass is 10.2. The van der Waals surface area contributed by atoms with Crippen molar-refractivity contribution in [1.82, 2.24) is 19.9 Å². The number of nitrogens with one attached hydrogen (secondary N) is 1. The number of likely N-dealkylation sites (N-methyl/N-ethyl adjacent to an activating group) is 1. The first-order valence-electron chi connectivity index (χ1n) is 9.71. The average Bonchev–Trinajstić information content (AvgIpc) is 3.40. The van der Waals surface area contributed by atoms with Crippen molar-refractivity contribution < 1.29 is 13.7 Å². The molecule has 3 aromatic heterocycles. The summed E-state index contributed by atoms with van der Waals surface area (Å²) in [5.74, 6) is 1.96. The van der Waals surface area contributed by atoms with E-state index < -0.39 is 11.2 Å². The van der Waals surface area contributed by atoms with Gasteiger partial charge in [0.25, 0.3) is 0 Å². The van der Waals surface area contributed by atoms with Crippen molar-refractivity contribution in [3.63, 3.8) is 0 Å². The van der Waals surface area contributed by atoms with E-state index in [1.807, 2.05) is 56.4 Å². The van der Waals surface area contributed by atoms with Gasteiger partial charge in [0.2, 0.25) is 0 Å². The summed E-state index contributed by atoms with van der Waals surface area (Å²) in [6.45, 7) is 3.96. The van der Waals surface area contributed by atoms with Crippen molar-refractivity contribution in [2.24, 2.45) is 0 Å². The first-order valence-corrected chi connectivity index (χ1v) is 11.0. The molecule has 0 saturated heterocycles.